The number of hydrogen-bond donors (Lipinski definition) is 4. The maximum Gasteiger partial charge on any atom is 0.312 e. The first kappa shape index (κ1) is 39.6. The molecule has 0 bridgehead atoms. The van der Waals surface area contributed by atoms with Crippen molar-refractivity contribution in [2.45, 2.75) is 119 Å². The Morgan fingerprint density at radius 2 is 1.64 bits per heavy atom. The number of halogens is 1. The van der Waals surface area contributed by atoms with E-state index in [1.807, 2.05) is 0 Å². The minimum atomic E-state index is -2.43. The number of aliphatic carboxylic acids is 1. The average Bonchev–Trinajstić information content (AvgIpc) is 3.50. The first-order valence-electron chi connectivity index (χ1n) is 20.9. The average molecular weight is 757 g/mol. The van der Waals surface area contributed by atoms with Crippen molar-refractivity contribution in [2.75, 3.05) is 44.4 Å². The van der Waals surface area contributed by atoms with Gasteiger partial charge in [-0.1, -0.05) is 58.9 Å². The van der Waals surface area contributed by atoms with Gasteiger partial charge in [0.05, 0.1) is 22.3 Å². The lowest BCUT2D eigenvalue weighted by Gasteiger charge is -2.72. The van der Waals surface area contributed by atoms with Crippen molar-refractivity contribution in [1.29, 1.82) is 0 Å². The topological polar surface area (TPSA) is 110 Å². The summed E-state index contributed by atoms with van der Waals surface area (Å²) in [5, 5.41) is 13.2. The van der Waals surface area contributed by atoms with Crippen LogP contribution in [0.15, 0.2) is 35.5 Å². The summed E-state index contributed by atoms with van der Waals surface area (Å²) in [6.07, 6.45) is 15.6. The maximum absolute atomic E-state index is 14.5. The number of carbonyl (C=O) groups is 2. The Hall–Kier alpha value is -1.68. The van der Waals surface area contributed by atoms with Gasteiger partial charge < -0.3 is 10.4 Å². The third-order valence-corrected chi connectivity index (χ3v) is 19.6. The second kappa shape index (κ2) is 13.5. The molecule has 6 aliphatic carbocycles. The number of alkyl halides is 1. The van der Waals surface area contributed by atoms with E-state index in [4.69, 9.17) is 0 Å². The molecule has 7 rings (SSSR count). The molecule has 7 nitrogen and oxygen atoms in total. The Labute approximate surface area is 320 Å². The highest BCUT2D eigenvalue weighted by atomic mass is 32.3. The predicted molar refractivity (Wildman–Crippen MR) is 212 cm³/mol. The zero-order valence-electron chi connectivity index (χ0n) is 33.6. The molecule has 10 atom stereocenters. The van der Waals surface area contributed by atoms with E-state index in [0.717, 1.165) is 45.1 Å². The molecule has 4 N–H and O–H groups in total. The van der Waals surface area contributed by atoms with Crippen molar-refractivity contribution in [3.8, 4) is 0 Å². The quantitative estimate of drug-likeness (QED) is 0.184. The number of hydrogen-bond acceptors (Lipinski definition) is 5. The lowest BCUT2D eigenvalue weighted by Crippen LogP contribution is -2.66. The second-order valence-corrected chi connectivity index (χ2v) is 22.8. The number of nitrogens with zero attached hydrogens (tertiary/aromatic N) is 1. The summed E-state index contributed by atoms with van der Waals surface area (Å²) in [6.45, 7) is 21.3. The Bertz CT molecular complexity index is 1570. The van der Waals surface area contributed by atoms with Gasteiger partial charge in [-0.25, -0.2) is 4.39 Å². The highest BCUT2D eigenvalue weighted by molar-refractivity contribution is 8.24. The third kappa shape index (κ3) is 5.97. The molecule has 298 valence electrons. The summed E-state index contributed by atoms with van der Waals surface area (Å²) < 4.78 is 34.1. The molecule has 4 saturated carbocycles. The number of carboxylic acid groups (broad SMARTS) is 1. The minimum absolute atomic E-state index is 0.0537. The van der Waals surface area contributed by atoms with E-state index in [1.54, 1.807) is 0 Å². The molecule has 53 heavy (non-hydrogen) atoms. The van der Waals surface area contributed by atoms with E-state index < -0.39 is 28.6 Å². The van der Waals surface area contributed by atoms with Crippen LogP contribution in [0.5, 0.6) is 0 Å². The Morgan fingerprint density at radius 1 is 0.925 bits per heavy atom. The minimum Gasteiger partial charge on any atom is -0.481 e. The van der Waals surface area contributed by atoms with Gasteiger partial charge in [-0.05, 0) is 146 Å². The second-order valence-electron chi connectivity index (χ2n) is 20.3. The predicted octanol–water partition coefficient (Wildman–Crippen LogP) is 9.51. The van der Waals surface area contributed by atoms with Crippen LogP contribution in [0.3, 0.4) is 0 Å². The Balaban J connectivity index is 1.12. The van der Waals surface area contributed by atoms with Gasteiger partial charge in [0, 0.05) is 26.2 Å². The number of carboxylic acids is 1. The molecule has 0 unspecified atom stereocenters. The van der Waals surface area contributed by atoms with Crippen molar-refractivity contribution >= 4 is 22.5 Å². The fourth-order valence-corrected chi connectivity index (χ4v) is 16.0. The molecular weight excluding hydrogens is 688 g/mol. The number of rotatable bonds is 8. The van der Waals surface area contributed by atoms with Crippen molar-refractivity contribution in [3.63, 3.8) is 0 Å². The summed E-state index contributed by atoms with van der Waals surface area (Å²) in [4.78, 5) is 28.8. The fourth-order valence-electron chi connectivity index (χ4n) is 14.7. The molecule has 7 aliphatic rings. The molecule has 1 heterocycles. The van der Waals surface area contributed by atoms with Crippen LogP contribution in [-0.2, 0) is 9.59 Å². The summed E-state index contributed by atoms with van der Waals surface area (Å²) >= 11 is 0. The Morgan fingerprint density at radius 3 is 2.26 bits per heavy atom. The monoisotopic (exact) mass is 756 g/mol. The van der Waals surface area contributed by atoms with E-state index in [9.17, 15) is 28.2 Å². The van der Waals surface area contributed by atoms with Gasteiger partial charge in [-0.15, -0.1) is 0 Å². The van der Waals surface area contributed by atoms with Crippen LogP contribution in [-0.4, -0.2) is 75.3 Å². The molecule has 0 aromatic heterocycles. The van der Waals surface area contributed by atoms with Crippen LogP contribution >= 0.6 is 10.6 Å². The number of amides is 1. The largest absolute Gasteiger partial charge is 0.481 e. The van der Waals surface area contributed by atoms with Crippen LogP contribution in [0.1, 0.15) is 119 Å². The van der Waals surface area contributed by atoms with Gasteiger partial charge in [-0.2, -0.15) is 10.6 Å². The summed E-state index contributed by atoms with van der Waals surface area (Å²) in [6, 6.07) is 0. The maximum atomic E-state index is 14.5. The molecule has 0 radical (unpaired) electrons. The molecule has 0 spiro atoms. The van der Waals surface area contributed by atoms with Gasteiger partial charge in [0.1, 0.15) is 6.67 Å². The lowest BCUT2D eigenvalue weighted by atomic mass is 9.32. The van der Waals surface area contributed by atoms with Gasteiger partial charge in [-0.3, -0.25) is 23.6 Å². The number of allylic oxidation sites excluding steroid dienone is 5. The lowest BCUT2D eigenvalue weighted by molar-refractivity contribution is -0.226. The zero-order valence-corrected chi connectivity index (χ0v) is 34.4. The van der Waals surface area contributed by atoms with Gasteiger partial charge in [0.2, 0.25) is 5.91 Å². The highest BCUT2D eigenvalue weighted by Gasteiger charge is 2.71. The van der Waals surface area contributed by atoms with Crippen molar-refractivity contribution in [2.24, 2.45) is 62.1 Å². The van der Waals surface area contributed by atoms with E-state index in [1.165, 1.54) is 36.0 Å². The highest BCUT2D eigenvalue weighted by Crippen LogP contribution is 2.77. The van der Waals surface area contributed by atoms with Gasteiger partial charge in [0.25, 0.3) is 0 Å². The third-order valence-electron chi connectivity index (χ3n) is 17.9. The summed E-state index contributed by atoms with van der Waals surface area (Å²) in [5.41, 5.74) is 2.60. The number of nitrogens with one attached hydrogen (secondary N) is 1. The Kier molecular flexibility index (Phi) is 10.1. The SMILES string of the molecule is C=C(C)[C@@H]1CC[C@]2(C(=O)NCCN3CCS(O)(O)CC3)CC[C@]3(C)[C@H](CC[C@@H]4[C@@]5(C)CC=C(C6=CC[C@@](CF)(C(=O)O)CC6)C(C)(C)[C@@H]5CC[C@]43C)[C@@H]12. The molecule has 1 saturated heterocycles. The first-order valence-corrected chi connectivity index (χ1v) is 22.8. The number of carbonyl (C=O) groups excluding carboxylic acids is 1. The van der Waals surface area contributed by atoms with Crippen molar-refractivity contribution in [1.82, 2.24) is 10.2 Å². The standard InChI is InChI=1S/C44H69FN2O5S/c1-29(2)31-12-19-44(37(48)46-22-23-47-24-26-53(51,52)27-25-47)21-20-41(6)33(36(31)44)8-9-35-40(5)15-13-32(39(3,4)34(40)14-16-42(35,41)7)30-10-17-43(28-45,18-11-30)38(49)50/h10,13,31,33-36,51-52H,1,8-9,11-12,14-28H2,2-7H3,(H,46,48)(H,49,50)/t31-,33+,34-,35+,36+,40-,41+,42+,43+,44-/m0/s1. The van der Waals surface area contributed by atoms with Gasteiger partial charge >= 0.3 is 5.97 Å². The summed E-state index contributed by atoms with van der Waals surface area (Å²) in [5.74, 6) is 2.32. The van der Waals surface area contributed by atoms with Crippen LogP contribution in [0, 0.1) is 62.1 Å². The molecular formula is C44H69FN2O5S. The fraction of sp³-hybridized carbons (Fsp3) is 0.818. The van der Waals surface area contributed by atoms with Crippen molar-refractivity contribution < 1.29 is 28.2 Å². The van der Waals surface area contributed by atoms with Crippen LogP contribution in [0.4, 0.5) is 4.39 Å². The molecule has 0 aromatic rings. The van der Waals surface area contributed by atoms with Gasteiger partial charge in [0.15, 0.2) is 0 Å². The zero-order chi connectivity index (χ0) is 38.4. The van der Waals surface area contributed by atoms with Crippen LogP contribution in [0.25, 0.3) is 0 Å². The number of fused-ring (bicyclic) bond motifs is 7. The molecule has 5 fully saturated rings. The smallest absolute Gasteiger partial charge is 0.312 e. The van der Waals surface area contributed by atoms with E-state index in [0.29, 0.717) is 73.6 Å². The van der Waals surface area contributed by atoms with E-state index in [2.05, 4.69) is 70.5 Å². The van der Waals surface area contributed by atoms with Crippen LogP contribution < -0.4 is 5.32 Å². The van der Waals surface area contributed by atoms with Crippen LogP contribution in [0.2, 0.25) is 0 Å². The molecule has 9 heteroatoms. The molecule has 1 aliphatic heterocycles. The van der Waals surface area contributed by atoms with Crippen molar-refractivity contribution in [3.05, 3.63) is 35.5 Å². The normalized spacial score (nSPS) is 45.3. The summed E-state index contributed by atoms with van der Waals surface area (Å²) in [7, 11) is -2.43. The molecule has 1 amide bonds. The van der Waals surface area contributed by atoms with E-state index in [-0.39, 0.29) is 39.4 Å². The van der Waals surface area contributed by atoms with E-state index >= 15 is 0 Å². The first-order chi connectivity index (χ1) is 24.8. The molecule has 0 aromatic carbocycles.